The zero-order chi connectivity index (χ0) is 17.0. The summed E-state index contributed by atoms with van der Waals surface area (Å²) in [7, 11) is -2.75. The second kappa shape index (κ2) is 7.53. The number of thiol groups is 1. The fraction of sp³-hybridized carbons (Fsp3) is 0.278. The summed E-state index contributed by atoms with van der Waals surface area (Å²) in [6.45, 7) is 3.71. The molecule has 4 nitrogen and oxygen atoms in total. The highest BCUT2D eigenvalue weighted by Crippen LogP contribution is 2.20. The third kappa shape index (κ3) is 4.06. The van der Waals surface area contributed by atoms with E-state index < -0.39 is 22.6 Å². The maximum absolute atomic E-state index is 12.4. The van der Waals surface area contributed by atoms with Crippen LogP contribution in [0.1, 0.15) is 52.1 Å². The average Bonchev–Trinajstić information content (AvgIpc) is 2.55. The van der Waals surface area contributed by atoms with Crippen molar-refractivity contribution in [3.05, 3.63) is 70.8 Å². The number of aliphatic hydroxyl groups excluding tert-OH is 1. The van der Waals surface area contributed by atoms with Gasteiger partial charge in [-0.2, -0.15) is 0 Å². The summed E-state index contributed by atoms with van der Waals surface area (Å²) in [5.74, 6) is 0.293. The SMILES string of the molecule is CC(C)c1ccc(C(=O)c2ccc(C(CO)[SH](=O)=O)cc2)cc1. The molecule has 2 aromatic carbocycles. The number of carbonyl (C=O) groups excluding carboxylic acids is 1. The molecule has 0 saturated carbocycles. The first-order chi connectivity index (χ1) is 10.9. The van der Waals surface area contributed by atoms with Crippen molar-refractivity contribution in [1.29, 1.82) is 0 Å². The molecule has 2 rings (SSSR count). The van der Waals surface area contributed by atoms with Crippen molar-refractivity contribution in [1.82, 2.24) is 0 Å². The van der Waals surface area contributed by atoms with Crippen LogP contribution in [-0.4, -0.2) is 25.9 Å². The minimum atomic E-state index is -2.75. The number of aliphatic hydroxyl groups is 1. The lowest BCUT2D eigenvalue weighted by Crippen LogP contribution is -2.07. The fourth-order valence-electron chi connectivity index (χ4n) is 2.34. The highest BCUT2D eigenvalue weighted by molar-refractivity contribution is 7.72. The third-order valence-electron chi connectivity index (χ3n) is 3.82. The molecule has 2 aromatic rings. The number of benzene rings is 2. The van der Waals surface area contributed by atoms with Gasteiger partial charge in [0, 0.05) is 11.1 Å². The highest BCUT2D eigenvalue weighted by atomic mass is 32.2. The van der Waals surface area contributed by atoms with E-state index in [-0.39, 0.29) is 5.78 Å². The summed E-state index contributed by atoms with van der Waals surface area (Å²) in [5, 5.41) is 8.20. The number of ketones is 1. The maximum atomic E-state index is 12.4. The summed E-state index contributed by atoms with van der Waals surface area (Å²) in [6.07, 6.45) is 0. The molecule has 122 valence electrons. The van der Waals surface area contributed by atoms with Gasteiger partial charge in [-0.25, -0.2) is 8.42 Å². The van der Waals surface area contributed by atoms with E-state index in [2.05, 4.69) is 13.8 Å². The molecule has 1 atom stereocenters. The average molecular weight is 332 g/mol. The Bertz CT molecular complexity index is 736. The van der Waals surface area contributed by atoms with Gasteiger partial charge < -0.3 is 5.11 Å². The smallest absolute Gasteiger partial charge is 0.193 e. The van der Waals surface area contributed by atoms with Crippen molar-refractivity contribution in [3.8, 4) is 0 Å². The van der Waals surface area contributed by atoms with Crippen LogP contribution in [-0.2, 0) is 10.7 Å². The molecule has 0 saturated heterocycles. The van der Waals surface area contributed by atoms with E-state index >= 15 is 0 Å². The molecule has 0 spiro atoms. The van der Waals surface area contributed by atoms with Crippen LogP contribution < -0.4 is 0 Å². The zero-order valence-corrected chi connectivity index (χ0v) is 14.0. The lowest BCUT2D eigenvalue weighted by atomic mass is 9.97. The van der Waals surface area contributed by atoms with Gasteiger partial charge in [-0.15, -0.1) is 0 Å². The molecule has 23 heavy (non-hydrogen) atoms. The quantitative estimate of drug-likeness (QED) is 0.630. The first-order valence-corrected chi connectivity index (χ1v) is 8.67. The summed E-state index contributed by atoms with van der Waals surface area (Å²) in [5.41, 5.74) is 2.73. The van der Waals surface area contributed by atoms with Crippen LogP contribution in [0.15, 0.2) is 48.5 Å². The number of carbonyl (C=O) groups is 1. The van der Waals surface area contributed by atoms with Gasteiger partial charge in [-0.1, -0.05) is 62.4 Å². The van der Waals surface area contributed by atoms with Crippen LogP contribution in [0.2, 0.25) is 0 Å². The number of hydrogen-bond donors (Lipinski definition) is 2. The third-order valence-corrected chi connectivity index (χ3v) is 4.80. The van der Waals surface area contributed by atoms with Gasteiger partial charge in [0.2, 0.25) is 0 Å². The fourth-order valence-corrected chi connectivity index (χ4v) is 2.89. The van der Waals surface area contributed by atoms with Gasteiger partial charge in [0.05, 0.1) is 6.61 Å². The first-order valence-electron chi connectivity index (χ1n) is 7.43. The Balaban J connectivity index is 2.23. The van der Waals surface area contributed by atoms with Crippen LogP contribution in [0, 0.1) is 0 Å². The van der Waals surface area contributed by atoms with Crippen LogP contribution in [0.25, 0.3) is 0 Å². The molecular weight excluding hydrogens is 312 g/mol. The minimum Gasteiger partial charge on any atom is -0.395 e. The van der Waals surface area contributed by atoms with E-state index in [0.717, 1.165) is 0 Å². The Labute approximate surface area is 137 Å². The molecule has 1 N–H and O–H groups in total. The van der Waals surface area contributed by atoms with Gasteiger partial charge in [0.1, 0.15) is 16.0 Å². The Morgan fingerprint density at radius 1 is 0.913 bits per heavy atom. The molecule has 5 heteroatoms. The summed E-state index contributed by atoms with van der Waals surface area (Å²) >= 11 is 0. The molecule has 1 unspecified atom stereocenters. The largest absolute Gasteiger partial charge is 0.395 e. The molecule has 0 fully saturated rings. The topological polar surface area (TPSA) is 71.4 Å². The van der Waals surface area contributed by atoms with Crippen molar-refractivity contribution >= 4 is 16.5 Å². The predicted octanol–water partition coefficient (Wildman–Crippen LogP) is 2.69. The van der Waals surface area contributed by atoms with Gasteiger partial charge in [0.25, 0.3) is 0 Å². The molecule has 0 amide bonds. The summed E-state index contributed by atoms with van der Waals surface area (Å²) < 4.78 is 22.1. The van der Waals surface area contributed by atoms with E-state index in [0.29, 0.717) is 22.6 Å². The van der Waals surface area contributed by atoms with Gasteiger partial charge in [0.15, 0.2) is 5.78 Å². The van der Waals surface area contributed by atoms with Gasteiger partial charge >= 0.3 is 0 Å². The van der Waals surface area contributed by atoms with Crippen molar-refractivity contribution in [2.24, 2.45) is 0 Å². The predicted molar refractivity (Wildman–Crippen MR) is 90.5 cm³/mol. The normalized spacial score (nSPS) is 12.6. The first kappa shape index (κ1) is 17.4. The molecular formula is C18H20O4S. The maximum Gasteiger partial charge on any atom is 0.193 e. The van der Waals surface area contributed by atoms with E-state index in [1.54, 1.807) is 36.4 Å². The summed E-state index contributed by atoms with van der Waals surface area (Å²) in [4.78, 5) is 12.4. The molecule has 0 bridgehead atoms. The van der Waals surface area contributed by atoms with Gasteiger partial charge in [-0.3, -0.25) is 4.79 Å². The van der Waals surface area contributed by atoms with E-state index in [1.165, 1.54) is 5.56 Å². The lowest BCUT2D eigenvalue weighted by molar-refractivity contribution is 0.103. The van der Waals surface area contributed by atoms with Crippen LogP contribution in [0.5, 0.6) is 0 Å². The van der Waals surface area contributed by atoms with Gasteiger partial charge in [-0.05, 0) is 17.0 Å². The lowest BCUT2D eigenvalue weighted by Gasteiger charge is -2.09. The van der Waals surface area contributed by atoms with Crippen LogP contribution >= 0.6 is 0 Å². The molecule has 0 aliphatic heterocycles. The van der Waals surface area contributed by atoms with Crippen molar-refractivity contribution in [2.75, 3.05) is 6.61 Å². The second-order valence-electron chi connectivity index (χ2n) is 5.71. The Hall–Kier alpha value is -1.98. The molecule has 0 aromatic heterocycles. The number of hydrogen-bond acceptors (Lipinski definition) is 4. The summed E-state index contributed by atoms with van der Waals surface area (Å²) in [6, 6.07) is 13.8. The Morgan fingerprint density at radius 2 is 1.35 bits per heavy atom. The number of rotatable bonds is 6. The van der Waals surface area contributed by atoms with Crippen molar-refractivity contribution in [3.63, 3.8) is 0 Å². The molecule has 0 radical (unpaired) electrons. The molecule has 0 heterocycles. The standard InChI is InChI=1S/C18H20O4S/c1-12(2)13-3-7-15(8-4-13)18(20)16-9-5-14(6-10-16)17(11-19)23(21)22/h3-10,12,17,19,23H,11H2,1-2H3. The van der Waals surface area contributed by atoms with E-state index in [1.807, 2.05) is 12.1 Å². The van der Waals surface area contributed by atoms with Crippen molar-refractivity contribution < 1.29 is 18.3 Å². The monoisotopic (exact) mass is 332 g/mol. The molecule has 0 aliphatic rings. The minimum absolute atomic E-state index is 0.112. The van der Waals surface area contributed by atoms with E-state index in [4.69, 9.17) is 5.11 Å². The molecule has 0 aliphatic carbocycles. The highest BCUT2D eigenvalue weighted by Gasteiger charge is 2.15. The van der Waals surface area contributed by atoms with Crippen LogP contribution in [0.3, 0.4) is 0 Å². The second-order valence-corrected chi connectivity index (χ2v) is 6.91. The Morgan fingerprint density at radius 3 is 1.70 bits per heavy atom. The van der Waals surface area contributed by atoms with Crippen molar-refractivity contribution in [2.45, 2.75) is 25.0 Å². The Kier molecular flexibility index (Phi) is 5.69. The van der Waals surface area contributed by atoms with E-state index in [9.17, 15) is 13.2 Å². The zero-order valence-electron chi connectivity index (χ0n) is 13.1. The van der Waals surface area contributed by atoms with Crippen LogP contribution in [0.4, 0.5) is 0 Å².